The number of carbonyl (C=O) groups excluding carboxylic acids is 2. The standard InChI is InChI=1S/C31H41N5O6S3/c1-6-42-30(38)26-24-11-10-20(4)16-25(24)44-29(26)32-28(37)21(5)43-31-34-33-27(36(31)18-19(2)3)22-8-7-9-23(17-22)45(39,40)35-12-14-41-15-13-35/h7-9,17,19-21H,6,10-16,18H2,1-5H3,(H,32,37)/t20-,21+/m1/s1. The van der Waals surface area contributed by atoms with Crippen LogP contribution in [0.5, 0.6) is 0 Å². The lowest BCUT2D eigenvalue weighted by Gasteiger charge is -2.26. The van der Waals surface area contributed by atoms with Crippen molar-refractivity contribution in [1.29, 1.82) is 0 Å². The molecule has 0 radical (unpaired) electrons. The smallest absolute Gasteiger partial charge is 0.341 e. The van der Waals surface area contributed by atoms with Gasteiger partial charge in [-0.05, 0) is 62.6 Å². The van der Waals surface area contributed by atoms with Crippen LogP contribution in [0.15, 0.2) is 34.3 Å². The van der Waals surface area contributed by atoms with Crippen molar-refractivity contribution >= 4 is 50.0 Å². The predicted molar refractivity (Wildman–Crippen MR) is 175 cm³/mol. The molecule has 1 amide bonds. The zero-order chi connectivity index (χ0) is 32.3. The summed E-state index contributed by atoms with van der Waals surface area (Å²) in [5.74, 6) is 0.625. The van der Waals surface area contributed by atoms with E-state index in [1.807, 2.05) is 10.6 Å². The van der Waals surface area contributed by atoms with Crippen LogP contribution in [0.3, 0.4) is 0 Å². The number of thiophene rings is 1. The van der Waals surface area contributed by atoms with E-state index in [1.54, 1.807) is 32.0 Å². The number of benzene rings is 1. The molecular weight excluding hydrogens is 635 g/mol. The topological polar surface area (TPSA) is 133 Å². The molecule has 1 saturated heterocycles. The first-order chi connectivity index (χ1) is 21.5. The van der Waals surface area contributed by atoms with Gasteiger partial charge in [-0.2, -0.15) is 4.31 Å². The zero-order valence-corrected chi connectivity index (χ0v) is 28.8. The fourth-order valence-electron chi connectivity index (χ4n) is 5.53. The number of nitrogens with zero attached hydrogens (tertiary/aromatic N) is 4. The first-order valence-corrected chi connectivity index (χ1v) is 18.5. The van der Waals surface area contributed by atoms with Gasteiger partial charge >= 0.3 is 5.97 Å². The number of carbonyl (C=O) groups is 2. The van der Waals surface area contributed by atoms with Crippen LogP contribution in [-0.2, 0) is 43.7 Å². The lowest BCUT2D eigenvalue weighted by atomic mass is 9.88. The number of ether oxygens (including phenoxy) is 2. The van der Waals surface area contributed by atoms with Gasteiger partial charge in [0.1, 0.15) is 5.00 Å². The van der Waals surface area contributed by atoms with Crippen molar-refractivity contribution in [2.24, 2.45) is 11.8 Å². The largest absolute Gasteiger partial charge is 0.462 e. The minimum atomic E-state index is -3.69. The second-order valence-corrected chi connectivity index (χ2v) is 16.2. The van der Waals surface area contributed by atoms with E-state index in [9.17, 15) is 18.0 Å². The van der Waals surface area contributed by atoms with E-state index in [4.69, 9.17) is 9.47 Å². The number of anilines is 1. The minimum absolute atomic E-state index is 0.188. The summed E-state index contributed by atoms with van der Waals surface area (Å²) in [6.45, 7) is 12.1. The van der Waals surface area contributed by atoms with Gasteiger partial charge in [0, 0.05) is 30.1 Å². The zero-order valence-electron chi connectivity index (χ0n) is 26.4. The molecule has 3 aromatic rings. The highest BCUT2D eigenvalue weighted by Crippen LogP contribution is 2.40. The van der Waals surface area contributed by atoms with Crippen LogP contribution >= 0.6 is 23.1 Å². The lowest BCUT2D eigenvalue weighted by molar-refractivity contribution is -0.115. The van der Waals surface area contributed by atoms with Crippen molar-refractivity contribution in [2.45, 2.75) is 75.7 Å². The fraction of sp³-hybridized carbons (Fsp3) is 0.548. The first kappa shape index (κ1) is 33.6. The number of rotatable bonds is 11. The van der Waals surface area contributed by atoms with Crippen molar-refractivity contribution in [3.63, 3.8) is 0 Å². The van der Waals surface area contributed by atoms with Crippen LogP contribution in [0.1, 0.15) is 61.8 Å². The molecule has 1 N–H and O–H groups in total. The average Bonchev–Trinajstić information content (AvgIpc) is 3.57. The number of hydrogen-bond donors (Lipinski definition) is 1. The van der Waals surface area contributed by atoms with E-state index >= 15 is 0 Å². The molecule has 0 spiro atoms. The third kappa shape index (κ3) is 7.46. The van der Waals surface area contributed by atoms with Crippen molar-refractivity contribution < 1.29 is 27.5 Å². The summed E-state index contributed by atoms with van der Waals surface area (Å²) in [6, 6.07) is 6.75. The Morgan fingerprint density at radius 1 is 1.20 bits per heavy atom. The number of hydrogen-bond acceptors (Lipinski definition) is 10. The molecule has 45 heavy (non-hydrogen) atoms. The molecule has 2 atom stereocenters. The van der Waals surface area contributed by atoms with Crippen molar-refractivity contribution in [2.75, 3.05) is 38.2 Å². The van der Waals surface area contributed by atoms with Crippen LogP contribution in [0.25, 0.3) is 11.4 Å². The van der Waals surface area contributed by atoms with Gasteiger partial charge in [-0.3, -0.25) is 4.79 Å². The molecule has 0 saturated carbocycles. The molecule has 1 aliphatic carbocycles. The molecular formula is C31H41N5O6S3. The van der Waals surface area contributed by atoms with E-state index in [0.717, 1.165) is 29.7 Å². The number of nitrogens with one attached hydrogen (secondary N) is 1. The Morgan fingerprint density at radius 2 is 1.96 bits per heavy atom. The molecule has 3 heterocycles. The number of amides is 1. The third-order valence-corrected chi connectivity index (χ3v) is 12.0. The maximum absolute atomic E-state index is 13.5. The highest BCUT2D eigenvalue weighted by atomic mass is 32.2. The van der Waals surface area contributed by atoms with Gasteiger partial charge in [-0.15, -0.1) is 21.5 Å². The van der Waals surface area contributed by atoms with Gasteiger partial charge in [-0.1, -0.05) is 44.7 Å². The molecule has 5 rings (SSSR count). The lowest BCUT2D eigenvalue weighted by Crippen LogP contribution is -2.40. The second kappa shape index (κ2) is 14.3. The summed E-state index contributed by atoms with van der Waals surface area (Å²) in [4.78, 5) is 27.8. The molecule has 11 nitrogen and oxygen atoms in total. The van der Waals surface area contributed by atoms with Crippen LogP contribution in [0.2, 0.25) is 0 Å². The van der Waals surface area contributed by atoms with Gasteiger partial charge < -0.3 is 19.4 Å². The minimum Gasteiger partial charge on any atom is -0.462 e. The van der Waals surface area contributed by atoms with Gasteiger partial charge in [-0.25, -0.2) is 13.2 Å². The summed E-state index contributed by atoms with van der Waals surface area (Å²) in [5.41, 5.74) is 2.09. The SMILES string of the molecule is CCOC(=O)c1c(NC(=O)[C@H](C)Sc2nnc(-c3cccc(S(=O)(=O)N4CCOCC4)c3)n2CC(C)C)sc2c1CC[C@@H](C)C2. The highest BCUT2D eigenvalue weighted by molar-refractivity contribution is 8.00. The van der Waals surface area contributed by atoms with Crippen molar-refractivity contribution in [1.82, 2.24) is 19.1 Å². The number of thioether (sulfide) groups is 1. The van der Waals surface area contributed by atoms with Gasteiger partial charge in [0.15, 0.2) is 11.0 Å². The van der Waals surface area contributed by atoms with Crippen LogP contribution < -0.4 is 5.32 Å². The summed E-state index contributed by atoms with van der Waals surface area (Å²) in [7, 11) is -3.69. The highest BCUT2D eigenvalue weighted by Gasteiger charge is 2.31. The third-order valence-electron chi connectivity index (χ3n) is 7.84. The molecule has 2 aromatic heterocycles. The number of sulfonamides is 1. The molecule has 0 bridgehead atoms. The Bertz CT molecular complexity index is 1640. The van der Waals surface area contributed by atoms with Gasteiger partial charge in [0.25, 0.3) is 0 Å². The van der Waals surface area contributed by atoms with E-state index in [1.165, 1.54) is 27.4 Å². The normalized spacial score (nSPS) is 18.0. The van der Waals surface area contributed by atoms with Gasteiger partial charge in [0.2, 0.25) is 15.9 Å². The Kier molecular flexibility index (Phi) is 10.7. The van der Waals surface area contributed by atoms with Crippen molar-refractivity contribution in [3.8, 4) is 11.4 Å². The number of esters is 1. The van der Waals surface area contributed by atoms with Crippen molar-refractivity contribution in [3.05, 3.63) is 40.3 Å². The summed E-state index contributed by atoms with van der Waals surface area (Å²) >= 11 is 2.74. The van der Waals surface area contributed by atoms with Crippen LogP contribution in [0, 0.1) is 11.8 Å². The van der Waals surface area contributed by atoms with Crippen LogP contribution in [-0.4, -0.2) is 77.5 Å². The monoisotopic (exact) mass is 675 g/mol. The maximum Gasteiger partial charge on any atom is 0.341 e. The average molecular weight is 676 g/mol. The van der Waals surface area contributed by atoms with E-state index in [-0.39, 0.29) is 23.3 Å². The molecule has 14 heteroatoms. The maximum atomic E-state index is 13.5. The molecule has 1 aliphatic heterocycles. The quantitative estimate of drug-likeness (QED) is 0.218. The summed E-state index contributed by atoms with van der Waals surface area (Å²) < 4.78 is 40.8. The summed E-state index contributed by atoms with van der Waals surface area (Å²) in [6.07, 6.45) is 2.66. The number of aromatic nitrogens is 3. The Labute approximate surface area is 273 Å². The molecule has 2 aliphatic rings. The molecule has 244 valence electrons. The molecule has 1 aromatic carbocycles. The fourth-order valence-corrected chi connectivity index (χ4v) is 9.25. The predicted octanol–water partition coefficient (Wildman–Crippen LogP) is 5.10. The molecule has 1 fully saturated rings. The number of fused-ring (bicyclic) bond motifs is 1. The number of morpholine rings is 1. The second-order valence-electron chi connectivity index (χ2n) is 11.9. The Morgan fingerprint density at radius 3 is 2.67 bits per heavy atom. The van der Waals surface area contributed by atoms with E-state index in [2.05, 4.69) is 36.3 Å². The van der Waals surface area contributed by atoms with Gasteiger partial charge in [0.05, 0.1) is 35.5 Å². The van der Waals surface area contributed by atoms with E-state index in [0.29, 0.717) is 65.9 Å². The summed E-state index contributed by atoms with van der Waals surface area (Å²) in [5, 5.41) is 12.4. The molecule has 0 unspecified atom stereocenters. The Hall–Kier alpha value is -2.78. The van der Waals surface area contributed by atoms with Crippen LogP contribution in [0.4, 0.5) is 5.00 Å². The Balaban J connectivity index is 1.39. The first-order valence-electron chi connectivity index (χ1n) is 15.4. The van der Waals surface area contributed by atoms with E-state index < -0.39 is 21.2 Å².